The summed E-state index contributed by atoms with van der Waals surface area (Å²) in [5.74, 6) is 0.739. The zero-order valence-corrected chi connectivity index (χ0v) is 26.2. The predicted octanol–water partition coefficient (Wildman–Crippen LogP) is 5.93. The molecule has 1 aromatic carbocycles. The van der Waals surface area contributed by atoms with Crippen LogP contribution in [0, 0.1) is 0 Å². The maximum atomic E-state index is 13.8. The van der Waals surface area contributed by atoms with E-state index in [4.69, 9.17) is 21.3 Å². The molecule has 13 nitrogen and oxygen atoms in total. The average molecular weight is 680 g/mol. The molecule has 0 bridgehead atoms. The Balaban J connectivity index is 1.21. The lowest BCUT2D eigenvalue weighted by Crippen LogP contribution is -2.49. The second-order valence-electron chi connectivity index (χ2n) is 10.9. The van der Waals surface area contributed by atoms with Crippen LogP contribution in [-0.4, -0.2) is 65.3 Å². The van der Waals surface area contributed by atoms with E-state index in [1.165, 1.54) is 25.7 Å². The van der Waals surface area contributed by atoms with Gasteiger partial charge in [0.05, 0.1) is 17.7 Å². The van der Waals surface area contributed by atoms with Gasteiger partial charge >= 0.3 is 18.2 Å². The van der Waals surface area contributed by atoms with Gasteiger partial charge in [0.2, 0.25) is 5.95 Å². The van der Waals surface area contributed by atoms with Crippen molar-refractivity contribution >= 4 is 29.4 Å². The molecule has 6 rings (SSSR count). The van der Waals surface area contributed by atoms with Crippen LogP contribution in [-0.2, 0) is 12.7 Å². The Kier molecular flexibility index (Phi) is 9.61. The first-order valence-electron chi connectivity index (χ1n) is 14.9. The Morgan fingerprint density at radius 2 is 1.75 bits per heavy atom. The van der Waals surface area contributed by atoms with E-state index in [1.54, 1.807) is 17.2 Å². The minimum absolute atomic E-state index is 0.00341. The molecule has 0 atom stereocenters. The van der Waals surface area contributed by atoms with Crippen LogP contribution in [0.1, 0.15) is 36.8 Å². The Hall–Kier alpha value is -5.38. The predicted molar refractivity (Wildman–Crippen MR) is 170 cm³/mol. The van der Waals surface area contributed by atoms with Gasteiger partial charge in [-0.3, -0.25) is 10.00 Å². The number of nitrogens with zero attached hydrogens (tertiary/aromatic N) is 8. The highest BCUT2D eigenvalue weighted by molar-refractivity contribution is 6.32. The van der Waals surface area contributed by atoms with Gasteiger partial charge < -0.3 is 15.4 Å². The summed E-state index contributed by atoms with van der Waals surface area (Å²) in [6.45, 7) is 0.310. The van der Waals surface area contributed by atoms with E-state index in [0.717, 1.165) is 11.8 Å². The maximum Gasteiger partial charge on any atom is 0.420 e. The Labute approximate surface area is 277 Å². The highest BCUT2D eigenvalue weighted by Gasteiger charge is 2.37. The number of nitrogens with one attached hydrogen (secondary N) is 3. The summed E-state index contributed by atoms with van der Waals surface area (Å²) in [7, 11) is 1.47. The minimum atomic E-state index is -4.71. The maximum absolute atomic E-state index is 13.8. The van der Waals surface area contributed by atoms with E-state index >= 15 is 0 Å². The molecule has 17 heteroatoms. The number of halogens is 4. The van der Waals surface area contributed by atoms with Crippen molar-refractivity contribution in [3.63, 3.8) is 0 Å². The Morgan fingerprint density at radius 1 is 1.00 bits per heavy atom. The number of rotatable bonds is 9. The highest BCUT2D eigenvalue weighted by Crippen LogP contribution is 2.38. The zero-order valence-electron chi connectivity index (χ0n) is 25.4. The van der Waals surface area contributed by atoms with Crippen LogP contribution in [0.15, 0.2) is 67.4 Å². The molecule has 1 aliphatic carbocycles. The van der Waals surface area contributed by atoms with Crippen LogP contribution in [0.25, 0.3) is 22.8 Å². The number of methoxy groups -OCH3 is 1. The molecule has 48 heavy (non-hydrogen) atoms. The number of alkyl halides is 3. The van der Waals surface area contributed by atoms with Gasteiger partial charge in [-0.1, -0.05) is 41.9 Å². The molecule has 1 aliphatic rings. The zero-order chi connectivity index (χ0) is 33.7. The number of carbonyl (C=O) groups is 1. The number of H-pyrrole nitrogens is 1. The molecule has 0 saturated heterocycles. The van der Waals surface area contributed by atoms with Crippen molar-refractivity contribution < 1.29 is 22.7 Å². The molecular formula is C31H29ClF3N11O2. The molecule has 1 fully saturated rings. The second-order valence-corrected chi connectivity index (χ2v) is 11.3. The molecule has 0 unspecified atom stereocenters. The summed E-state index contributed by atoms with van der Waals surface area (Å²) in [5, 5.41) is 12.5. The number of ether oxygens (including phenoxy) is 1. The smallest absolute Gasteiger partial charge is 0.420 e. The van der Waals surface area contributed by atoms with Gasteiger partial charge in [-0.25, -0.2) is 34.7 Å². The van der Waals surface area contributed by atoms with Crippen LogP contribution in [0.5, 0.6) is 6.01 Å². The lowest BCUT2D eigenvalue weighted by atomic mass is 9.90. The van der Waals surface area contributed by atoms with E-state index in [1.807, 2.05) is 30.3 Å². The standard InChI is InChI=1S/C31H29ClF3N11O2/c1-48-29-38-14-19(15-39-29)27-36-12-11-24(43-27)46(30(47)40-13-18-5-3-2-4-6-18)21-9-7-20(8-10-21)42-28-37-16-22(31(33,34)35)25(44-28)26-23(32)17-41-45-26/h2-6,11-12,14-17,20-21H,7-10,13H2,1H3,(H,40,47)(H,41,45)(H,37,42,44)/t20-,21-. The van der Waals surface area contributed by atoms with Gasteiger partial charge in [0, 0.05) is 49.6 Å². The van der Waals surface area contributed by atoms with Crippen LogP contribution >= 0.6 is 11.6 Å². The van der Waals surface area contributed by atoms with Gasteiger partial charge in [0.25, 0.3) is 0 Å². The fourth-order valence-electron chi connectivity index (χ4n) is 5.42. The fourth-order valence-corrected chi connectivity index (χ4v) is 5.60. The number of hydrogen-bond acceptors (Lipinski definition) is 10. The van der Waals surface area contributed by atoms with Crippen molar-refractivity contribution in [2.45, 2.75) is 50.5 Å². The third kappa shape index (κ3) is 7.43. The number of carbonyl (C=O) groups excluding carboxylic acids is 1. The number of anilines is 2. The Bertz CT molecular complexity index is 1850. The molecule has 4 heterocycles. The van der Waals surface area contributed by atoms with Gasteiger partial charge in [0.15, 0.2) is 5.82 Å². The van der Waals surface area contributed by atoms with Gasteiger partial charge in [0.1, 0.15) is 22.8 Å². The van der Waals surface area contributed by atoms with Crippen molar-refractivity contribution in [3.8, 4) is 28.8 Å². The first-order chi connectivity index (χ1) is 23.2. The number of hydrogen-bond donors (Lipinski definition) is 3. The molecule has 3 N–H and O–H groups in total. The first kappa shape index (κ1) is 32.6. The molecule has 0 spiro atoms. The van der Waals surface area contributed by atoms with Crippen molar-refractivity contribution in [1.29, 1.82) is 0 Å². The van der Waals surface area contributed by atoms with Crippen molar-refractivity contribution in [2.24, 2.45) is 0 Å². The van der Waals surface area contributed by atoms with E-state index in [0.29, 0.717) is 49.4 Å². The van der Waals surface area contributed by atoms with Crippen LogP contribution in [0.4, 0.5) is 29.7 Å². The topological polar surface area (TPSA) is 160 Å². The number of aromatic amines is 1. The highest BCUT2D eigenvalue weighted by atomic mass is 35.5. The van der Waals surface area contributed by atoms with E-state index < -0.39 is 17.4 Å². The largest absolute Gasteiger partial charge is 0.467 e. The summed E-state index contributed by atoms with van der Waals surface area (Å²) in [4.78, 5) is 40.8. The van der Waals surface area contributed by atoms with Crippen molar-refractivity contribution in [2.75, 3.05) is 17.3 Å². The van der Waals surface area contributed by atoms with Crippen LogP contribution < -0.4 is 20.3 Å². The summed E-state index contributed by atoms with van der Waals surface area (Å²) in [5.41, 5.74) is -0.121. The summed E-state index contributed by atoms with van der Waals surface area (Å²) in [6, 6.07) is 10.6. The number of amides is 2. The van der Waals surface area contributed by atoms with Crippen LogP contribution in [0.2, 0.25) is 5.02 Å². The summed E-state index contributed by atoms with van der Waals surface area (Å²) in [6.07, 6.45) is 4.19. The van der Waals surface area contributed by atoms with E-state index in [9.17, 15) is 18.0 Å². The molecule has 2 amide bonds. The van der Waals surface area contributed by atoms with Gasteiger partial charge in [-0.2, -0.15) is 18.3 Å². The fraction of sp³-hybridized carbons (Fsp3) is 0.290. The van der Waals surface area contributed by atoms with E-state index in [2.05, 4.69) is 45.8 Å². The number of aromatic nitrogens is 8. The number of urea groups is 1. The monoisotopic (exact) mass is 679 g/mol. The average Bonchev–Trinajstić information content (AvgIpc) is 3.54. The van der Waals surface area contributed by atoms with Gasteiger partial charge in [-0.05, 0) is 37.3 Å². The molecule has 1 saturated carbocycles. The summed E-state index contributed by atoms with van der Waals surface area (Å²) < 4.78 is 46.3. The number of benzene rings is 1. The molecule has 4 aromatic heterocycles. The van der Waals surface area contributed by atoms with Crippen LogP contribution in [0.3, 0.4) is 0 Å². The molecule has 0 aliphatic heterocycles. The summed E-state index contributed by atoms with van der Waals surface area (Å²) >= 11 is 6.08. The molecule has 248 valence electrons. The minimum Gasteiger partial charge on any atom is -0.467 e. The Morgan fingerprint density at radius 3 is 2.42 bits per heavy atom. The third-order valence-electron chi connectivity index (χ3n) is 7.77. The molecule has 0 radical (unpaired) electrons. The van der Waals surface area contributed by atoms with Crippen molar-refractivity contribution in [1.82, 2.24) is 45.4 Å². The van der Waals surface area contributed by atoms with Crippen molar-refractivity contribution in [3.05, 3.63) is 83.5 Å². The van der Waals surface area contributed by atoms with E-state index in [-0.39, 0.29) is 40.8 Å². The quantitative estimate of drug-likeness (QED) is 0.170. The second kappa shape index (κ2) is 14.2. The molecule has 5 aromatic rings. The third-order valence-corrected chi connectivity index (χ3v) is 8.06. The normalized spacial score (nSPS) is 16.3. The molecular weight excluding hydrogens is 651 g/mol. The van der Waals surface area contributed by atoms with Gasteiger partial charge in [-0.15, -0.1) is 0 Å². The SMILES string of the molecule is COc1ncc(-c2nccc(N(C(=O)NCc3ccccc3)[C@H]3CC[C@H](Nc4ncc(C(F)(F)F)c(-c5n[nH]cc5Cl)n4)CC3)n2)cn1. The lowest BCUT2D eigenvalue weighted by molar-refractivity contribution is -0.137. The first-order valence-corrected chi connectivity index (χ1v) is 15.3. The lowest BCUT2D eigenvalue weighted by Gasteiger charge is -2.36.